The molecule has 3 saturated carbocycles. The maximum Gasteiger partial charge on any atom is 0.264 e. The highest BCUT2D eigenvalue weighted by Gasteiger charge is 2.48. The van der Waals surface area contributed by atoms with E-state index in [2.05, 4.69) is 10.3 Å². The van der Waals surface area contributed by atoms with Gasteiger partial charge >= 0.3 is 0 Å². The molecule has 3 fully saturated rings. The van der Waals surface area contributed by atoms with Crippen molar-refractivity contribution in [3.63, 3.8) is 0 Å². The molecule has 0 radical (unpaired) electrons. The highest BCUT2D eigenvalue weighted by Crippen LogP contribution is 2.48. The number of aliphatic imine (C=N–C) groups is 1. The fourth-order valence-electron chi connectivity index (χ4n) is 4.35. The van der Waals surface area contributed by atoms with E-state index in [9.17, 15) is 4.79 Å². The lowest BCUT2D eigenvalue weighted by Crippen LogP contribution is -2.37. The van der Waals surface area contributed by atoms with Gasteiger partial charge in [0.2, 0.25) is 0 Å². The van der Waals surface area contributed by atoms with Crippen molar-refractivity contribution in [3.8, 4) is 0 Å². The molecule has 1 N–H and O–H groups in total. The summed E-state index contributed by atoms with van der Waals surface area (Å²) in [5, 5.41) is 4.51. The van der Waals surface area contributed by atoms with E-state index in [0.717, 1.165) is 29.8 Å². The second-order valence-corrected chi connectivity index (χ2v) is 7.82. The Bertz CT molecular complexity index is 414. The number of fused-ring (bicyclic) bond motifs is 2. The minimum absolute atomic E-state index is 0.135. The number of hydrogen-bond acceptors (Lipinski definition) is 3. The Morgan fingerprint density at radius 3 is 2.72 bits per heavy atom. The van der Waals surface area contributed by atoms with Gasteiger partial charge in [-0.3, -0.25) is 4.79 Å². The third kappa shape index (κ3) is 1.64. The maximum absolute atomic E-state index is 12.1. The van der Waals surface area contributed by atoms with Gasteiger partial charge < -0.3 is 5.32 Å². The Morgan fingerprint density at radius 2 is 2.06 bits per heavy atom. The molecular weight excluding hydrogens is 244 g/mol. The Hall–Kier alpha value is -0.510. The Morgan fingerprint density at radius 1 is 1.22 bits per heavy atom. The fourth-order valence-corrected chi connectivity index (χ4v) is 5.68. The van der Waals surface area contributed by atoms with Gasteiger partial charge in [0.15, 0.2) is 5.17 Å². The molecular formula is C14H20N2OS. The molecule has 0 saturated heterocycles. The number of carbonyl (C=O) groups excluding carboxylic acids is 1. The smallest absolute Gasteiger partial charge is 0.264 e. The molecule has 3 nitrogen and oxygen atoms in total. The third-order valence-electron chi connectivity index (χ3n) is 5.34. The number of amides is 1. The number of carbonyl (C=O) groups is 1. The normalized spacial score (nSPS) is 40.8. The molecule has 1 amide bonds. The molecule has 0 aromatic heterocycles. The van der Waals surface area contributed by atoms with Crippen LogP contribution in [0.4, 0.5) is 0 Å². The van der Waals surface area contributed by atoms with Gasteiger partial charge in [0.1, 0.15) is 4.75 Å². The second kappa shape index (κ2) is 3.99. The zero-order valence-corrected chi connectivity index (χ0v) is 11.5. The predicted octanol–water partition coefficient (Wildman–Crippen LogP) is 2.71. The molecule has 98 valence electrons. The number of thioether (sulfide) groups is 1. The number of amidine groups is 1. The standard InChI is InChI=1S/C14H20N2OS/c17-12-14(5-1-2-6-14)18-13(16-12)15-11-8-9-3-4-10(11)7-9/h9-11H,1-8H2,(H,15,16,17)/t9-,10+,11+/m0/s1. The summed E-state index contributed by atoms with van der Waals surface area (Å²) in [6.07, 6.45) is 9.93. The first kappa shape index (κ1) is 11.3. The van der Waals surface area contributed by atoms with Crippen molar-refractivity contribution in [1.82, 2.24) is 5.32 Å². The van der Waals surface area contributed by atoms with Crippen LogP contribution in [0.15, 0.2) is 4.99 Å². The fraction of sp³-hybridized carbons (Fsp3) is 0.857. The lowest BCUT2D eigenvalue weighted by molar-refractivity contribution is -0.119. The first-order valence-electron chi connectivity index (χ1n) is 7.34. The summed E-state index contributed by atoms with van der Waals surface area (Å²) in [5.41, 5.74) is 0. The largest absolute Gasteiger partial charge is 0.361 e. The number of rotatable bonds is 1. The lowest BCUT2D eigenvalue weighted by Gasteiger charge is -2.24. The highest BCUT2D eigenvalue weighted by molar-refractivity contribution is 8.16. The Labute approximate surface area is 112 Å². The van der Waals surface area contributed by atoms with Crippen LogP contribution in [-0.4, -0.2) is 21.9 Å². The molecule has 4 heteroatoms. The van der Waals surface area contributed by atoms with E-state index in [1.807, 2.05) is 0 Å². The molecule has 1 spiro atoms. The quantitative estimate of drug-likeness (QED) is 0.791. The van der Waals surface area contributed by atoms with E-state index in [-0.39, 0.29) is 10.7 Å². The molecule has 18 heavy (non-hydrogen) atoms. The van der Waals surface area contributed by atoms with Crippen LogP contribution in [0.5, 0.6) is 0 Å². The van der Waals surface area contributed by atoms with Crippen molar-refractivity contribution in [2.45, 2.75) is 62.2 Å². The van der Waals surface area contributed by atoms with Crippen LogP contribution in [0.25, 0.3) is 0 Å². The average Bonchev–Trinajstić information content (AvgIpc) is 3.06. The summed E-state index contributed by atoms with van der Waals surface area (Å²) >= 11 is 1.73. The SMILES string of the molecule is O=C1N=C(N[C@@H]2C[C@H]3CC[C@@H]2C3)SC12CCCC2. The van der Waals surface area contributed by atoms with Crippen LogP contribution in [-0.2, 0) is 4.79 Å². The number of hydrogen-bond donors (Lipinski definition) is 1. The minimum Gasteiger partial charge on any atom is -0.361 e. The van der Waals surface area contributed by atoms with Gasteiger partial charge in [-0.1, -0.05) is 31.0 Å². The van der Waals surface area contributed by atoms with Gasteiger partial charge in [0.25, 0.3) is 5.91 Å². The third-order valence-corrected chi connectivity index (χ3v) is 6.72. The summed E-state index contributed by atoms with van der Waals surface area (Å²) in [6, 6.07) is 0.597. The Kier molecular flexibility index (Phi) is 2.51. The first-order valence-corrected chi connectivity index (χ1v) is 8.15. The molecule has 1 aliphatic heterocycles. The lowest BCUT2D eigenvalue weighted by atomic mass is 9.96. The van der Waals surface area contributed by atoms with Crippen LogP contribution in [0.1, 0.15) is 51.4 Å². The molecule has 3 atom stereocenters. The first-order chi connectivity index (χ1) is 8.75. The predicted molar refractivity (Wildman–Crippen MR) is 73.6 cm³/mol. The van der Waals surface area contributed by atoms with Crippen molar-refractivity contribution in [3.05, 3.63) is 0 Å². The van der Waals surface area contributed by atoms with Crippen molar-refractivity contribution in [1.29, 1.82) is 0 Å². The molecule has 0 aromatic rings. The zero-order valence-electron chi connectivity index (χ0n) is 10.7. The zero-order chi connectivity index (χ0) is 12.2. The van der Waals surface area contributed by atoms with Gasteiger partial charge in [-0.05, 0) is 43.9 Å². The van der Waals surface area contributed by atoms with E-state index in [1.54, 1.807) is 11.8 Å². The number of nitrogens with one attached hydrogen (secondary N) is 1. The van der Waals surface area contributed by atoms with Crippen LogP contribution in [0, 0.1) is 11.8 Å². The monoisotopic (exact) mass is 264 g/mol. The Balaban J connectivity index is 1.44. The van der Waals surface area contributed by atoms with Crippen molar-refractivity contribution in [2.24, 2.45) is 16.8 Å². The van der Waals surface area contributed by atoms with E-state index in [1.165, 1.54) is 38.5 Å². The van der Waals surface area contributed by atoms with Crippen molar-refractivity contribution < 1.29 is 4.79 Å². The summed E-state index contributed by atoms with van der Waals surface area (Å²) in [7, 11) is 0. The van der Waals surface area contributed by atoms with Crippen molar-refractivity contribution >= 4 is 22.8 Å². The molecule has 4 aliphatic rings. The average molecular weight is 264 g/mol. The van der Waals surface area contributed by atoms with Crippen LogP contribution in [0.2, 0.25) is 0 Å². The summed E-state index contributed by atoms with van der Waals surface area (Å²) in [6.45, 7) is 0. The van der Waals surface area contributed by atoms with E-state index in [0.29, 0.717) is 6.04 Å². The van der Waals surface area contributed by atoms with Gasteiger partial charge in [0, 0.05) is 6.04 Å². The topological polar surface area (TPSA) is 41.5 Å². The highest BCUT2D eigenvalue weighted by atomic mass is 32.2. The molecule has 1 heterocycles. The van der Waals surface area contributed by atoms with E-state index < -0.39 is 0 Å². The number of nitrogens with zero attached hydrogens (tertiary/aromatic N) is 1. The van der Waals surface area contributed by atoms with Crippen LogP contribution >= 0.6 is 11.8 Å². The van der Waals surface area contributed by atoms with Crippen LogP contribution < -0.4 is 5.32 Å². The summed E-state index contributed by atoms with van der Waals surface area (Å²) in [4.78, 5) is 16.4. The second-order valence-electron chi connectivity index (χ2n) is 6.45. The molecule has 0 unspecified atom stereocenters. The van der Waals surface area contributed by atoms with Gasteiger partial charge in [-0.2, -0.15) is 4.99 Å². The molecule has 3 aliphatic carbocycles. The molecule has 0 aromatic carbocycles. The van der Waals surface area contributed by atoms with E-state index >= 15 is 0 Å². The maximum atomic E-state index is 12.1. The molecule has 4 rings (SSSR count). The van der Waals surface area contributed by atoms with Crippen molar-refractivity contribution in [2.75, 3.05) is 0 Å². The summed E-state index contributed by atoms with van der Waals surface area (Å²) < 4.78 is -0.167. The van der Waals surface area contributed by atoms with Gasteiger partial charge in [-0.15, -0.1) is 0 Å². The van der Waals surface area contributed by atoms with Gasteiger partial charge in [-0.25, -0.2) is 0 Å². The minimum atomic E-state index is -0.167. The van der Waals surface area contributed by atoms with Gasteiger partial charge in [0.05, 0.1) is 0 Å². The summed E-state index contributed by atoms with van der Waals surface area (Å²) in [5.74, 6) is 1.92. The van der Waals surface area contributed by atoms with E-state index in [4.69, 9.17) is 0 Å². The molecule has 2 bridgehead atoms. The van der Waals surface area contributed by atoms with Crippen LogP contribution in [0.3, 0.4) is 0 Å².